The molecule has 3 rings (SSSR count). The van der Waals surface area contributed by atoms with Crippen LogP contribution in [0.2, 0.25) is 0 Å². The molecule has 0 radical (unpaired) electrons. The van der Waals surface area contributed by atoms with Gasteiger partial charge in [0.05, 0.1) is 0 Å². The number of ether oxygens (including phenoxy) is 1. The molecule has 35 heavy (non-hydrogen) atoms. The zero-order chi connectivity index (χ0) is 24.9. The smallest absolute Gasteiger partial charge is 0.159 e. The average Bonchev–Trinajstić information content (AvgIpc) is 2.91. The van der Waals surface area contributed by atoms with E-state index in [4.69, 9.17) is 4.74 Å². The maximum Gasteiger partial charge on any atom is 0.159 e. The Morgan fingerprint density at radius 2 is 1.34 bits per heavy atom. The summed E-state index contributed by atoms with van der Waals surface area (Å²) in [5.41, 5.74) is 4.44. The van der Waals surface area contributed by atoms with Crippen LogP contribution in [-0.2, 0) is 6.42 Å². The van der Waals surface area contributed by atoms with Crippen molar-refractivity contribution in [2.24, 2.45) is 5.92 Å². The Morgan fingerprint density at radius 3 is 1.97 bits per heavy atom. The normalized spacial score (nSPS) is 12.9. The Hall–Kier alpha value is -2.75. The highest BCUT2D eigenvalue weighted by molar-refractivity contribution is 5.64. The monoisotopic (exact) mass is 476 g/mol. The maximum absolute atomic E-state index is 14.0. The van der Waals surface area contributed by atoms with E-state index in [2.05, 4.69) is 41.2 Å². The molecule has 1 aromatic heterocycles. The van der Waals surface area contributed by atoms with E-state index in [1.807, 2.05) is 50.5 Å². The van der Waals surface area contributed by atoms with Crippen LogP contribution >= 0.6 is 0 Å². The summed E-state index contributed by atoms with van der Waals surface area (Å²) < 4.78 is 19.6. The van der Waals surface area contributed by atoms with Gasteiger partial charge >= 0.3 is 0 Å². The molecular formula is C31H41FN2O. The molecule has 0 aliphatic rings. The Morgan fingerprint density at radius 1 is 0.743 bits per heavy atom. The molecule has 3 nitrogen and oxygen atoms in total. The average molecular weight is 477 g/mol. The summed E-state index contributed by atoms with van der Waals surface area (Å²) in [5.74, 6) is 1.33. The van der Waals surface area contributed by atoms with Crippen molar-refractivity contribution in [1.82, 2.24) is 9.97 Å². The molecule has 2 aromatic carbocycles. The first-order chi connectivity index (χ1) is 17.1. The minimum absolute atomic E-state index is 0.00231. The summed E-state index contributed by atoms with van der Waals surface area (Å²) in [6.07, 6.45) is 14.1. The molecular weight excluding hydrogens is 435 g/mol. The fraction of sp³-hybridized carbons (Fsp3) is 0.484. The molecule has 0 N–H and O–H groups in total. The molecule has 2 unspecified atom stereocenters. The third-order valence-corrected chi connectivity index (χ3v) is 6.79. The number of nitrogens with zero attached hydrogens (tertiary/aromatic N) is 2. The summed E-state index contributed by atoms with van der Waals surface area (Å²) in [6, 6.07) is 16.3. The number of unbranched alkanes of at least 4 members (excludes halogenated alkanes) is 6. The lowest BCUT2D eigenvalue weighted by Crippen LogP contribution is -2.20. The van der Waals surface area contributed by atoms with E-state index in [0.29, 0.717) is 11.6 Å². The lowest BCUT2D eigenvalue weighted by molar-refractivity contribution is 0.145. The number of benzene rings is 2. The third-order valence-electron chi connectivity index (χ3n) is 6.79. The van der Waals surface area contributed by atoms with Crippen molar-refractivity contribution in [2.45, 2.75) is 84.7 Å². The first-order valence-corrected chi connectivity index (χ1v) is 13.4. The molecule has 1 heterocycles. The van der Waals surface area contributed by atoms with E-state index in [1.165, 1.54) is 50.5 Å². The molecule has 0 spiro atoms. The van der Waals surface area contributed by atoms with Crippen LogP contribution in [0.1, 0.15) is 77.7 Å². The Kier molecular flexibility index (Phi) is 11.2. The van der Waals surface area contributed by atoms with Gasteiger partial charge in [0.25, 0.3) is 0 Å². The number of alkyl halides is 1. The van der Waals surface area contributed by atoms with Gasteiger partial charge in [0.2, 0.25) is 0 Å². The van der Waals surface area contributed by atoms with E-state index in [9.17, 15) is 4.39 Å². The standard InChI is InChI=1S/C31H41FN2O/c1-4-6-7-8-9-10-11-12-25-13-15-26(16-14-25)28-21-33-31(34-22-28)27-17-19-29(20-18-27)35-23-30(32)24(3)5-2/h13-22,24,30H,4-12,23H2,1-3H3. The zero-order valence-corrected chi connectivity index (χ0v) is 21.7. The number of halogens is 1. The quantitative estimate of drug-likeness (QED) is 0.205. The second-order valence-electron chi connectivity index (χ2n) is 9.60. The molecule has 0 saturated carbocycles. The van der Waals surface area contributed by atoms with Gasteiger partial charge in [-0.3, -0.25) is 0 Å². The fourth-order valence-electron chi connectivity index (χ4n) is 4.07. The minimum atomic E-state index is -0.954. The molecule has 0 bridgehead atoms. The topological polar surface area (TPSA) is 35.0 Å². The molecule has 2 atom stereocenters. The first-order valence-electron chi connectivity index (χ1n) is 13.4. The SMILES string of the molecule is CCCCCCCCCc1ccc(-c2cnc(-c3ccc(OCC(F)C(C)CC)cc3)nc2)cc1. The van der Waals surface area contributed by atoms with Crippen LogP contribution in [0.25, 0.3) is 22.5 Å². The highest BCUT2D eigenvalue weighted by Gasteiger charge is 2.15. The van der Waals surface area contributed by atoms with E-state index in [0.717, 1.165) is 29.5 Å². The number of hydrogen-bond donors (Lipinski definition) is 0. The lowest BCUT2D eigenvalue weighted by Gasteiger charge is -2.15. The van der Waals surface area contributed by atoms with E-state index < -0.39 is 6.17 Å². The predicted octanol–water partition coefficient (Wildman–Crippen LogP) is 8.87. The molecule has 0 amide bonds. The van der Waals surface area contributed by atoms with Gasteiger partial charge in [-0.2, -0.15) is 0 Å². The summed E-state index contributed by atoms with van der Waals surface area (Å²) in [7, 11) is 0. The highest BCUT2D eigenvalue weighted by atomic mass is 19.1. The van der Waals surface area contributed by atoms with E-state index in [-0.39, 0.29) is 12.5 Å². The van der Waals surface area contributed by atoms with Crippen LogP contribution in [0.4, 0.5) is 4.39 Å². The van der Waals surface area contributed by atoms with Crippen molar-refractivity contribution in [3.05, 3.63) is 66.5 Å². The van der Waals surface area contributed by atoms with Crippen molar-refractivity contribution in [3.63, 3.8) is 0 Å². The molecule has 0 saturated heterocycles. The molecule has 0 aliphatic heterocycles. The lowest BCUT2D eigenvalue weighted by atomic mass is 10.0. The summed E-state index contributed by atoms with van der Waals surface area (Å²) in [6.45, 7) is 6.24. The fourth-order valence-corrected chi connectivity index (χ4v) is 4.07. The van der Waals surface area contributed by atoms with Crippen molar-refractivity contribution < 1.29 is 9.13 Å². The largest absolute Gasteiger partial charge is 0.491 e. The van der Waals surface area contributed by atoms with Gasteiger partial charge in [-0.15, -0.1) is 0 Å². The van der Waals surface area contributed by atoms with Crippen molar-refractivity contribution in [1.29, 1.82) is 0 Å². The molecule has 3 aromatic rings. The molecule has 0 aliphatic carbocycles. The Bertz CT molecular complexity index is 970. The van der Waals surface area contributed by atoms with Gasteiger partial charge < -0.3 is 4.74 Å². The summed E-state index contributed by atoms with van der Waals surface area (Å²) in [4.78, 5) is 9.13. The second kappa shape index (κ2) is 14.6. The van der Waals surface area contributed by atoms with E-state index in [1.54, 1.807) is 0 Å². The Balaban J connectivity index is 1.48. The number of aryl methyl sites for hydroxylation is 1. The maximum atomic E-state index is 14.0. The van der Waals surface area contributed by atoms with Gasteiger partial charge in [0.1, 0.15) is 18.5 Å². The van der Waals surface area contributed by atoms with Crippen molar-refractivity contribution in [2.75, 3.05) is 6.61 Å². The Labute approximate surface area is 211 Å². The van der Waals surface area contributed by atoms with Gasteiger partial charge in [0.15, 0.2) is 5.82 Å². The van der Waals surface area contributed by atoms with Crippen LogP contribution in [0.15, 0.2) is 60.9 Å². The summed E-state index contributed by atoms with van der Waals surface area (Å²) in [5, 5.41) is 0. The van der Waals surface area contributed by atoms with Crippen molar-refractivity contribution in [3.8, 4) is 28.3 Å². The van der Waals surface area contributed by atoms with Gasteiger partial charge in [0, 0.05) is 23.5 Å². The van der Waals surface area contributed by atoms with Crippen LogP contribution in [0.3, 0.4) is 0 Å². The van der Waals surface area contributed by atoms with Crippen LogP contribution in [-0.4, -0.2) is 22.7 Å². The molecule has 4 heteroatoms. The number of aromatic nitrogens is 2. The molecule has 188 valence electrons. The highest BCUT2D eigenvalue weighted by Crippen LogP contribution is 2.24. The van der Waals surface area contributed by atoms with E-state index >= 15 is 0 Å². The number of hydrogen-bond acceptors (Lipinski definition) is 3. The van der Waals surface area contributed by atoms with Gasteiger partial charge in [-0.05, 0) is 54.2 Å². The number of rotatable bonds is 15. The van der Waals surface area contributed by atoms with Crippen LogP contribution < -0.4 is 4.74 Å². The minimum Gasteiger partial charge on any atom is -0.491 e. The third kappa shape index (κ3) is 8.76. The first kappa shape index (κ1) is 26.8. The summed E-state index contributed by atoms with van der Waals surface area (Å²) >= 11 is 0. The van der Waals surface area contributed by atoms with Gasteiger partial charge in [-0.25, -0.2) is 14.4 Å². The second-order valence-corrected chi connectivity index (χ2v) is 9.60. The molecule has 0 fully saturated rings. The van der Waals surface area contributed by atoms with Crippen LogP contribution in [0, 0.1) is 5.92 Å². The van der Waals surface area contributed by atoms with Gasteiger partial charge in [-0.1, -0.05) is 90.0 Å². The zero-order valence-electron chi connectivity index (χ0n) is 21.7. The van der Waals surface area contributed by atoms with Crippen LogP contribution in [0.5, 0.6) is 5.75 Å². The predicted molar refractivity (Wildman–Crippen MR) is 144 cm³/mol. The van der Waals surface area contributed by atoms with Crippen molar-refractivity contribution >= 4 is 0 Å².